The van der Waals surface area contributed by atoms with E-state index in [4.69, 9.17) is 5.11 Å². The van der Waals surface area contributed by atoms with Crippen LogP contribution in [-0.4, -0.2) is 33.7 Å². The molecule has 0 aliphatic heterocycles. The Morgan fingerprint density at radius 1 is 1.37 bits per heavy atom. The Bertz CT molecular complexity index is 554. The molecular formula is C13H17F2N3O. The maximum absolute atomic E-state index is 12.9. The molecule has 1 aromatic carbocycles. The molecule has 0 unspecified atom stereocenters. The zero-order valence-corrected chi connectivity index (χ0v) is 10.7. The van der Waals surface area contributed by atoms with Crippen LogP contribution in [0.4, 0.5) is 8.78 Å². The number of imidazole rings is 1. The molecule has 6 heteroatoms. The number of aryl methyl sites for hydroxylation is 1. The number of halogens is 2. The van der Waals surface area contributed by atoms with E-state index in [0.29, 0.717) is 0 Å². The van der Waals surface area contributed by atoms with Gasteiger partial charge in [0.25, 0.3) is 5.92 Å². The van der Waals surface area contributed by atoms with E-state index in [9.17, 15) is 8.78 Å². The van der Waals surface area contributed by atoms with Crippen LogP contribution in [0.25, 0.3) is 11.0 Å². The monoisotopic (exact) mass is 269 g/mol. The predicted molar refractivity (Wildman–Crippen MR) is 69.1 cm³/mol. The minimum atomic E-state index is -3.09. The van der Waals surface area contributed by atoms with Crippen molar-refractivity contribution in [3.63, 3.8) is 0 Å². The topological polar surface area (TPSA) is 50.1 Å². The summed E-state index contributed by atoms with van der Waals surface area (Å²) in [5.41, 5.74) is 1.85. The van der Waals surface area contributed by atoms with E-state index in [2.05, 4.69) is 10.3 Å². The van der Waals surface area contributed by atoms with Gasteiger partial charge >= 0.3 is 0 Å². The summed E-state index contributed by atoms with van der Waals surface area (Å²) in [6.45, 7) is 1.26. The van der Waals surface area contributed by atoms with Gasteiger partial charge < -0.3 is 15.0 Å². The minimum Gasteiger partial charge on any atom is -0.390 e. The van der Waals surface area contributed by atoms with Gasteiger partial charge in [0.15, 0.2) is 0 Å². The number of hydrogen-bond donors (Lipinski definition) is 2. The molecule has 2 rings (SSSR count). The number of para-hydroxylation sites is 2. The van der Waals surface area contributed by atoms with E-state index in [1.807, 2.05) is 35.8 Å². The van der Waals surface area contributed by atoms with Crippen molar-refractivity contribution in [3.8, 4) is 0 Å². The first-order valence-electron chi connectivity index (χ1n) is 6.21. The molecule has 19 heavy (non-hydrogen) atoms. The Hall–Kier alpha value is -1.53. The van der Waals surface area contributed by atoms with Gasteiger partial charge in [0, 0.05) is 6.54 Å². The number of nitrogens with one attached hydrogen (secondary N) is 1. The molecular weight excluding hydrogens is 252 g/mol. The highest BCUT2D eigenvalue weighted by Crippen LogP contribution is 2.16. The summed E-state index contributed by atoms with van der Waals surface area (Å²) in [6, 6.07) is 7.67. The lowest BCUT2D eigenvalue weighted by atomic mass is 10.3. The van der Waals surface area contributed by atoms with Crippen LogP contribution in [0.2, 0.25) is 0 Å². The first-order valence-corrected chi connectivity index (χ1v) is 6.21. The molecule has 0 amide bonds. The van der Waals surface area contributed by atoms with Crippen LogP contribution in [0.3, 0.4) is 0 Å². The Balaban J connectivity index is 2.12. The smallest absolute Gasteiger partial charge is 0.282 e. The van der Waals surface area contributed by atoms with E-state index < -0.39 is 19.1 Å². The lowest BCUT2D eigenvalue weighted by Gasteiger charge is -2.14. The summed E-state index contributed by atoms with van der Waals surface area (Å²) >= 11 is 0. The van der Waals surface area contributed by atoms with Crippen molar-refractivity contribution in [2.24, 2.45) is 0 Å². The maximum atomic E-state index is 12.9. The van der Waals surface area contributed by atoms with Crippen molar-refractivity contribution in [3.05, 3.63) is 30.1 Å². The molecule has 0 radical (unpaired) electrons. The quantitative estimate of drug-likeness (QED) is 0.840. The summed E-state index contributed by atoms with van der Waals surface area (Å²) in [6.07, 6.45) is 0. The number of alkyl halides is 2. The van der Waals surface area contributed by atoms with E-state index in [0.717, 1.165) is 23.4 Å². The summed E-state index contributed by atoms with van der Waals surface area (Å²) in [4.78, 5) is 4.42. The fourth-order valence-corrected chi connectivity index (χ4v) is 2.03. The zero-order chi connectivity index (χ0) is 13.9. The molecule has 0 aliphatic carbocycles. The second kappa shape index (κ2) is 5.63. The Labute approximate surface area is 110 Å². The van der Waals surface area contributed by atoms with Gasteiger partial charge in [0.2, 0.25) is 0 Å². The van der Waals surface area contributed by atoms with Gasteiger partial charge in [-0.2, -0.15) is 0 Å². The average Bonchev–Trinajstić information content (AvgIpc) is 2.76. The minimum absolute atomic E-state index is 0.248. The second-order valence-corrected chi connectivity index (χ2v) is 4.38. The van der Waals surface area contributed by atoms with Gasteiger partial charge in [-0.3, -0.25) is 0 Å². The number of aliphatic hydroxyl groups is 1. The maximum Gasteiger partial charge on any atom is 0.282 e. The lowest BCUT2D eigenvalue weighted by molar-refractivity contribution is -0.0478. The molecule has 0 atom stereocenters. The summed E-state index contributed by atoms with van der Waals surface area (Å²) in [5.74, 6) is -2.37. The first kappa shape index (κ1) is 13.9. The second-order valence-electron chi connectivity index (χ2n) is 4.38. The standard InChI is InChI=1S/C13H17F2N3O/c1-2-18-11-6-4-3-5-10(11)17-12(18)7-16-8-13(14,15)9-19/h3-6,16,19H,2,7-9H2,1H3. The van der Waals surface area contributed by atoms with Crippen LogP contribution in [0, 0.1) is 0 Å². The fourth-order valence-electron chi connectivity index (χ4n) is 2.03. The largest absolute Gasteiger partial charge is 0.390 e. The number of hydrogen-bond acceptors (Lipinski definition) is 3. The van der Waals surface area contributed by atoms with Crippen molar-refractivity contribution in [1.29, 1.82) is 0 Å². The van der Waals surface area contributed by atoms with E-state index in [1.165, 1.54) is 0 Å². The predicted octanol–water partition coefficient (Wildman–Crippen LogP) is 1.77. The summed E-state index contributed by atoms with van der Waals surface area (Å²) in [5, 5.41) is 11.1. The molecule has 0 saturated carbocycles. The first-order chi connectivity index (χ1) is 9.07. The van der Waals surface area contributed by atoms with Gasteiger partial charge in [0.1, 0.15) is 12.4 Å². The van der Waals surface area contributed by atoms with Gasteiger partial charge in [0.05, 0.1) is 24.1 Å². The SMILES string of the molecule is CCn1c(CNCC(F)(F)CO)nc2ccccc21. The molecule has 0 saturated heterocycles. The molecule has 1 aromatic heterocycles. The third-order valence-corrected chi connectivity index (χ3v) is 2.95. The van der Waals surface area contributed by atoms with Crippen LogP contribution in [0.5, 0.6) is 0 Å². The molecule has 0 fully saturated rings. The summed E-state index contributed by atoms with van der Waals surface area (Å²) in [7, 11) is 0. The number of aromatic nitrogens is 2. The van der Waals surface area contributed by atoms with Crippen LogP contribution < -0.4 is 5.32 Å². The van der Waals surface area contributed by atoms with E-state index in [1.54, 1.807) is 0 Å². The van der Waals surface area contributed by atoms with Crippen LogP contribution >= 0.6 is 0 Å². The highest BCUT2D eigenvalue weighted by atomic mass is 19.3. The van der Waals surface area contributed by atoms with Crippen molar-refractivity contribution in [1.82, 2.24) is 14.9 Å². The average molecular weight is 269 g/mol. The van der Waals surface area contributed by atoms with Crippen molar-refractivity contribution in [2.45, 2.75) is 25.9 Å². The van der Waals surface area contributed by atoms with Crippen LogP contribution in [-0.2, 0) is 13.1 Å². The normalized spacial score (nSPS) is 12.2. The van der Waals surface area contributed by atoms with Gasteiger partial charge in [-0.25, -0.2) is 13.8 Å². The molecule has 0 spiro atoms. The van der Waals surface area contributed by atoms with Gasteiger partial charge in [-0.05, 0) is 19.1 Å². The number of rotatable bonds is 6. The van der Waals surface area contributed by atoms with Crippen molar-refractivity contribution >= 4 is 11.0 Å². The van der Waals surface area contributed by atoms with Gasteiger partial charge in [-0.1, -0.05) is 12.1 Å². The number of nitrogens with zero attached hydrogens (tertiary/aromatic N) is 2. The highest BCUT2D eigenvalue weighted by molar-refractivity contribution is 5.75. The third kappa shape index (κ3) is 3.08. The zero-order valence-electron chi connectivity index (χ0n) is 10.7. The van der Waals surface area contributed by atoms with Gasteiger partial charge in [-0.15, -0.1) is 0 Å². The van der Waals surface area contributed by atoms with E-state index in [-0.39, 0.29) is 6.54 Å². The van der Waals surface area contributed by atoms with E-state index >= 15 is 0 Å². The third-order valence-electron chi connectivity index (χ3n) is 2.95. The number of aliphatic hydroxyl groups excluding tert-OH is 1. The fraction of sp³-hybridized carbons (Fsp3) is 0.462. The Morgan fingerprint density at radius 3 is 2.79 bits per heavy atom. The highest BCUT2D eigenvalue weighted by Gasteiger charge is 2.27. The molecule has 2 N–H and O–H groups in total. The summed E-state index contributed by atoms with van der Waals surface area (Å²) < 4.78 is 27.8. The molecule has 104 valence electrons. The number of fused-ring (bicyclic) bond motifs is 1. The van der Waals surface area contributed by atoms with Crippen molar-refractivity contribution in [2.75, 3.05) is 13.2 Å². The molecule has 0 aliphatic rings. The number of benzene rings is 1. The lowest BCUT2D eigenvalue weighted by Crippen LogP contribution is -2.36. The van der Waals surface area contributed by atoms with Crippen molar-refractivity contribution < 1.29 is 13.9 Å². The molecule has 4 nitrogen and oxygen atoms in total. The van der Waals surface area contributed by atoms with Crippen LogP contribution in [0.1, 0.15) is 12.7 Å². The molecule has 1 heterocycles. The Kier molecular flexibility index (Phi) is 4.11. The van der Waals surface area contributed by atoms with Crippen LogP contribution in [0.15, 0.2) is 24.3 Å². The molecule has 0 bridgehead atoms. The Morgan fingerprint density at radius 2 is 2.11 bits per heavy atom. The molecule has 2 aromatic rings.